The number of nitrogens with one attached hydrogen (secondary N) is 3. The molecule has 0 unspecified atom stereocenters. The summed E-state index contributed by atoms with van der Waals surface area (Å²) in [5.41, 5.74) is 0.389. The van der Waals surface area contributed by atoms with Crippen LogP contribution in [-0.2, 0) is 4.79 Å². The van der Waals surface area contributed by atoms with Gasteiger partial charge in [0, 0.05) is 4.88 Å². The molecule has 38 heavy (non-hydrogen) atoms. The lowest BCUT2D eigenvalue weighted by atomic mass is 9.70. The maximum atomic E-state index is 13.5. The number of hydrogen-bond acceptors (Lipinski definition) is 4. The lowest BCUT2D eigenvalue weighted by molar-refractivity contribution is -0.143. The Morgan fingerprint density at radius 2 is 1.63 bits per heavy atom. The minimum absolute atomic E-state index is 0.107. The van der Waals surface area contributed by atoms with Crippen LogP contribution in [0.5, 0.6) is 0 Å². The summed E-state index contributed by atoms with van der Waals surface area (Å²) in [5.74, 6) is -2.16. The van der Waals surface area contributed by atoms with Gasteiger partial charge in [0.1, 0.15) is 16.7 Å². The third kappa shape index (κ3) is 6.28. The number of urea groups is 1. The molecule has 7 nitrogen and oxygen atoms in total. The van der Waals surface area contributed by atoms with E-state index in [1.54, 1.807) is 36.4 Å². The molecule has 3 aromatic rings. The largest absolute Gasteiger partial charge is 0.480 e. The van der Waals surface area contributed by atoms with Crippen LogP contribution in [0.1, 0.15) is 48.7 Å². The molecule has 0 radical (unpaired) electrons. The molecule has 11 heteroatoms. The van der Waals surface area contributed by atoms with Crippen LogP contribution < -0.4 is 16.0 Å². The van der Waals surface area contributed by atoms with Crippen LogP contribution in [0.3, 0.4) is 0 Å². The van der Waals surface area contributed by atoms with Crippen LogP contribution in [0.25, 0.3) is 10.4 Å². The molecular formula is C27H26Cl2FN3O4S. The first kappa shape index (κ1) is 27.9. The van der Waals surface area contributed by atoms with E-state index in [1.807, 2.05) is 6.92 Å². The maximum absolute atomic E-state index is 13.5. The monoisotopic (exact) mass is 577 g/mol. The number of carboxylic acid groups (broad SMARTS) is 1. The quantitative estimate of drug-likeness (QED) is 0.231. The topological polar surface area (TPSA) is 108 Å². The van der Waals surface area contributed by atoms with E-state index in [9.17, 15) is 23.9 Å². The van der Waals surface area contributed by atoms with Crippen molar-refractivity contribution in [2.75, 3.05) is 10.6 Å². The number of anilines is 2. The van der Waals surface area contributed by atoms with Gasteiger partial charge in [0.2, 0.25) is 0 Å². The van der Waals surface area contributed by atoms with Gasteiger partial charge >= 0.3 is 12.0 Å². The van der Waals surface area contributed by atoms with Crippen molar-refractivity contribution >= 4 is 63.8 Å². The van der Waals surface area contributed by atoms with Crippen LogP contribution in [0.15, 0.2) is 48.5 Å². The Hall–Kier alpha value is -3.14. The van der Waals surface area contributed by atoms with Gasteiger partial charge in [-0.2, -0.15) is 0 Å². The van der Waals surface area contributed by atoms with Crippen molar-refractivity contribution in [2.24, 2.45) is 5.41 Å². The number of para-hydroxylation sites is 1. The summed E-state index contributed by atoms with van der Waals surface area (Å²) in [6.07, 6.45) is 4.17. The van der Waals surface area contributed by atoms with E-state index < -0.39 is 35.2 Å². The Morgan fingerprint density at radius 1 is 1.00 bits per heavy atom. The van der Waals surface area contributed by atoms with E-state index in [1.165, 1.54) is 12.1 Å². The predicted octanol–water partition coefficient (Wildman–Crippen LogP) is 7.66. The number of carbonyl (C=O) groups excluding carboxylic acids is 2. The first-order valence-corrected chi connectivity index (χ1v) is 13.6. The standard InChI is InChI=1S/C27H26Cl2FN3O4S/c1-27(12-3-2-4-13-27)23(25(35)36)33-24(34)22-19(14-20(38-22)15-8-10-16(30)11-9-15)31-26(37)32-21-17(28)6-5-7-18(21)29/h5-11,14,23H,2-4,12-13H2,1H3,(H,33,34)(H,35,36)(H2,31,32,37)/t23-/m1/s1. The molecule has 1 atom stereocenters. The van der Waals surface area contributed by atoms with Crippen LogP contribution in [0.4, 0.5) is 20.6 Å². The molecule has 0 aliphatic heterocycles. The Morgan fingerprint density at radius 3 is 2.24 bits per heavy atom. The molecule has 0 spiro atoms. The van der Waals surface area contributed by atoms with E-state index >= 15 is 0 Å². The second-order valence-electron chi connectivity index (χ2n) is 9.50. The lowest BCUT2D eigenvalue weighted by Crippen LogP contribution is -2.52. The van der Waals surface area contributed by atoms with Gasteiger partial charge in [-0.25, -0.2) is 14.0 Å². The summed E-state index contributed by atoms with van der Waals surface area (Å²) >= 11 is 13.4. The highest BCUT2D eigenvalue weighted by atomic mass is 35.5. The van der Waals surface area contributed by atoms with Crippen molar-refractivity contribution in [2.45, 2.75) is 45.1 Å². The van der Waals surface area contributed by atoms with Gasteiger partial charge in [-0.15, -0.1) is 11.3 Å². The third-order valence-corrected chi connectivity index (χ3v) is 8.54. The number of benzene rings is 2. The number of hydrogen-bond donors (Lipinski definition) is 4. The fourth-order valence-electron chi connectivity index (χ4n) is 4.67. The van der Waals surface area contributed by atoms with E-state index in [0.29, 0.717) is 23.3 Å². The summed E-state index contributed by atoms with van der Waals surface area (Å²) in [7, 11) is 0. The van der Waals surface area contributed by atoms with E-state index in [2.05, 4.69) is 16.0 Å². The maximum Gasteiger partial charge on any atom is 0.326 e. The lowest BCUT2D eigenvalue weighted by Gasteiger charge is -2.38. The van der Waals surface area contributed by atoms with Gasteiger partial charge in [-0.1, -0.05) is 67.6 Å². The normalized spacial score (nSPS) is 15.4. The molecule has 0 saturated heterocycles. The van der Waals surface area contributed by atoms with E-state index in [0.717, 1.165) is 30.6 Å². The van der Waals surface area contributed by atoms with Crippen molar-refractivity contribution in [3.05, 3.63) is 69.3 Å². The van der Waals surface area contributed by atoms with Gasteiger partial charge in [-0.3, -0.25) is 4.79 Å². The Kier molecular flexibility index (Phi) is 8.60. The molecule has 1 aliphatic carbocycles. The van der Waals surface area contributed by atoms with Gasteiger partial charge in [-0.05, 0) is 54.2 Å². The summed E-state index contributed by atoms with van der Waals surface area (Å²) in [6.45, 7) is 1.88. The Balaban J connectivity index is 1.64. The van der Waals surface area contributed by atoms with Crippen molar-refractivity contribution in [1.29, 1.82) is 0 Å². The highest BCUT2D eigenvalue weighted by Gasteiger charge is 2.41. The summed E-state index contributed by atoms with van der Waals surface area (Å²) in [6, 6.07) is 10.2. The van der Waals surface area contributed by atoms with Crippen molar-refractivity contribution in [3.63, 3.8) is 0 Å². The Bertz CT molecular complexity index is 1340. The SMILES string of the molecule is CC1([C@H](NC(=O)c2sc(-c3ccc(F)cc3)cc2NC(=O)Nc2c(Cl)cccc2Cl)C(=O)O)CCCCC1. The van der Waals surface area contributed by atoms with Crippen LogP contribution in [-0.4, -0.2) is 29.1 Å². The molecule has 4 N–H and O–H groups in total. The minimum atomic E-state index is -1.11. The number of amides is 3. The van der Waals surface area contributed by atoms with E-state index in [-0.39, 0.29) is 26.3 Å². The first-order chi connectivity index (χ1) is 18.1. The highest BCUT2D eigenvalue weighted by Crippen LogP contribution is 2.40. The molecule has 2 aromatic carbocycles. The molecule has 1 fully saturated rings. The number of carboxylic acids is 1. The first-order valence-electron chi connectivity index (χ1n) is 12.0. The van der Waals surface area contributed by atoms with Crippen LogP contribution in [0.2, 0.25) is 10.0 Å². The fourth-order valence-corrected chi connectivity index (χ4v) is 6.19. The summed E-state index contributed by atoms with van der Waals surface area (Å²) < 4.78 is 13.5. The molecule has 1 aromatic heterocycles. The smallest absolute Gasteiger partial charge is 0.326 e. The average molecular weight is 578 g/mol. The number of aliphatic carboxylic acids is 1. The fraction of sp³-hybridized carbons (Fsp3) is 0.296. The van der Waals surface area contributed by atoms with E-state index in [4.69, 9.17) is 23.2 Å². The van der Waals surface area contributed by atoms with Crippen molar-refractivity contribution in [1.82, 2.24) is 5.32 Å². The molecule has 1 saturated carbocycles. The zero-order valence-electron chi connectivity index (χ0n) is 20.4. The van der Waals surface area contributed by atoms with Gasteiger partial charge in [0.25, 0.3) is 5.91 Å². The molecule has 1 heterocycles. The number of halogens is 3. The van der Waals surface area contributed by atoms with Crippen molar-refractivity contribution < 1.29 is 23.9 Å². The Labute approximate surface area is 233 Å². The summed E-state index contributed by atoms with van der Waals surface area (Å²) in [5, 5.41) is 18.4. The molecule has 200 valence electrons. The number of rotatable bonds is 7. The summed E-state index contributed by atoms with van der Waals surface area (Å²) in [4.78, 5) is 39.2. The second kappa shape index (κ2) is 11.7. The zero-order valence-corrected chi connectivity index (χ0v) is 22.8. The highest BCUT2D eigenvalue weighted by molar-refractivity contribution is 7.18. The predicted molar refractivity (Wildman–Crippen MR) is 149 cm³/mol. The van der Waals surface area contributed by atoms with Crippen LogP contribution >= 0.6 is 34.5 Å². The van der Waals surface area contributed by atoms with Crippen LogP contribution in [0, 0.1) is 11.2 Å². The van der Waals surface area contributed by atoms with Gasteiger partial charge in [0.15, 0.2) is 0 Å². The molecule has 1 aliphatic rings. The third-order valence-electron chi connectivity index (χ3n) is 6.73. The van der Waals surface area contributed by atoms with Crippen molar-refractivity contribution in [3.8, 4) is 10.4 Å². The van der Waals surface area contributed by atoms with Gasteiger partial charge in [0.05, 0.1) is 21.4 Å². The number of thiophene rings is 1. The molecular weight excluding hydrogens is 552 g/mol. The average Bonchev–Trinajstić information content (AvgIpc) is 3.29. The van der Waals surface area contributed by atoms with Gasteiger partial charge < -0.3 is 21.1 Å². The number of carbonyl (C=O) groups is 3. The molecule has 4 rings (SSSR count). The molecule has 3 amide bonds. The second-order valence-corrected chi connectivity index (χ2v) is 11.4. The minimum Gasteiger partial charge on any atom is -0.480 e. The molecule has 0 bridgehead atoms. The zero-order chi connectivity index (χ0) is 27.4.